The molecule has 0 atom stereocenters. The van der Waals surface area contributed by atoms with E-state index in [1.54, 1.807) is 37.5 Å². The molecule has 0 saturated heterocycles. The number of rotatable bonds is 7. The van der Waals surface area contributed by atoms with Gasteiger partial charge in [0, 0.05) is 48.9 Å². The lowest BCUT2D eigenvalue weighted by molar-refractivity contribution is -0.129. The lowest BCUT2D eigenvalue weighted by atomic mass is 10.1. The van der Waals surface area contributed by atoms with E-state index in [-0.39, 0.29) is 11.5 Å². The minimum atomic E-state index is -0.153. The Morgan fingerprint density at radius 3 is 2.67 bits per heavy atom. The highest BCUT2D eigenvalue weighted by molar-refractivity contribution is 5.81. The van der Waals surface area contributed by atoms with E-state index in [0.717, 1.165) is 28.6 Å². The molecule has 140 valence electrons. The third kappa shape index (κ3) is 4.73. The summed E-state index contributed by atoms with van der Waals surface area (Å²) in [5.74, 6) is 0.751. The fraction of sp³-hybridized carbons (Fsp3) is 0.286. The smallest absolute Gasteiger partial charge is 0.251 e. The number of aromatic nitrogens is 2. The van der Waals surface area contributed by atoms with Gasteiger partial charge in [-0.3, -0.25) is 14.6 Å². The van der Waals surface area contributed by atoms with Gasteiger partial charge in [0.15, 0.2) is 0 Å². The summed E-state index contributed by atoms with van der Waals surface area (Å²) in [7, 11) is 3.40. The second kappa shape index (κ2) is 8.49. The number of fused-ring (bicyclic) bond motifs is 1. The number of aromatic amines is 1. The van der Waals surface area contributed by atoms with Crippen molar-refractivity contribution in [3.05, 3.63) is 70.3 Å². The van der Waals surface area contributed by atoms with Crippen LogP contribution in [0.3, 0.4) is 0 Å². The molecule has 2 aromatic heterocycles. The number of H-pyrrole nitrogens is 1. The number of hydrogen-bond acceptors (Lipinski definition) is 4. The molecule has 1 aromatic carbocycles. The third-order valence-corrected chi connectivity index (χ3v) is 4.65. The van der Waals surface area contributed by atoms with Gasteiger partial charge in [0.2, 0.25) is 5.91 Å². The number of aryl methyl sites for hydroxylation is 1. The number of carbonyl (C=O) groups excluding carboxylic acids is 1. The molecule has 0 bridgehead atoms. The van der Waals surface area contributed by atoms with Gasteiger partial charge < -0.3 is 14.6 Å². The van der Waals surface area contributed by atoms with Crippen molar-refractivity contribution < 1.29 is 9.53 Å². The zero-order chi connectivity index (χ0) is 19.2. The van der Waals surface area contributed by atoms with Gasteiger partial charge in [-0.05, 0) is 54.8 Å². The highest BCUT2D eigenvalue weighted by Crippen LogP contribution is 2.19. The minimum Gasteiger partial charge on any atom is -0.497 e. The molecule has 1 N–H and O–H groups in total. The molecule has 6 heteroatoms. The van der Waals surface area contributed by atoms with Crippen molar-refractivity contribution >= 4 is 16.8 Å². The molecule has 0 unspecified atom stereocenters. The van der Waals surface area contributed by atoms with Crippen molar-refractivity contribution in [1.82, 2.24) is 14.9 Å². The van der Waals surface area contributed by atoms with Gasteiger partial charge in [-0.25, -0.2) is 0 Å². The predicted molar refractivity (Wildman–Crippen MR) is 105 cm³/mol. The first-order chi connectivity index (χ1) is 13.1. The highest BCUT2D eigenvalue weighted by atomic mass is 16.5. The van der Waals surface area contributed by atoms with E-state index in [1.807, 2.05) is 30.3 Å². The average Bonchev–Trinajstić information content (AvgIpc) is 2.70. The number of nitrogens with one attached hydrogen (secondary N) is 1. The average molecular weight is 365 g/mol. The van der Waals surface area contributed by atoms with E-state index >= 15 is 0 Å². The van der Waals surface area contributed by atoms with Crippen LogP contribution in [0.15, 0.2) is 53.6 Å². The largest absolute Gasteiger partial charge is 0.497 e. The number of ether oxygens (including phenoxy) is 1. The second-order valence-corrected chi connectivity index (χ2v) is 6.50. The Morgan fingerprint density at radius 2 is 1.93 bits per heavy atom. The van der Waals surface area contributed by atoms with Crippen molar-refractivity contribution in [3.63, 3.8) is 0 Å². The molecule has 27 heavy (non-hydrogen) atoms. The number of hydrogen-bond donors (Lipinski definition) is 1. The summed E-state index contributed by atoms with van der Waals surface area (Å²) in [6, 6.07) is 11.2. The van der Waals surface area contributed by atoms with Crippen LogP contribution in [0.4, 0.5) is 0 Å². The summed E-state index contributed by atoms with van der Waals surface area (Å²) in [6.45, 7) is 0.633. The number of methoxy groups -OCH3 is 1. The van der Waals surface area contributed by atoms with Gasteiger partial charge in [0.25, 0.3) is 5.56 Å². The Bertz CT molecular complexity index is 983. The summed E-state index contributed by atoms with van der Waals surface area (Å²) < 4.78 is 5.23. The topological polar surface area (TPSA) is 75.3 Å². The number of likely N-dealkylation sites (N-methyl/N-ethyl adjacent to an activating group) is 1. The molecule has 3 aromatic rings. The fourth-order valence-electron chi connectivity index (χ4n) is 2.95. The Labute approximate surface area is 157 Å². The van der Waals surface area contributed by atoms with Crippen LogP contribution in [0.1, 0.15) is 17.5 Å². The molecule has 0 aliphatic heterocycles. The van der Waals surface area contributed by atoms with Gasteiger partial charge >= 0.3 is 0 Å². The van der Waals surface area contributed by atoms with Crippen LogP contribution in [-0.2, 0) is 17.6 Å². The van der Waals surface area contributed by atoms with Gasteiger partial charge in [-0.15, -0.1) is 0 Å². The molecular formula is C21H23N3O3. The van der Waals surface area contributed by atoms with E-state index in [9.17, 15) is 9.59 Å². The van der Waals surface area contributed by atoms with E-state index in [0.29, 0.717) is 24.9 Å². The van der Waals surface area contributed by atoms with Crippen LogP contribution in [0.2, 0.25) is 0 Å². The Hall–Kier alpha value is -3.15. The highest BCUT2D eigenvalue weighted by Gasteiger charge is 2.11. The molecule has 0 aliphatic rings. The van der Waals surface area contributed by atoms with Crippen molar-refractivity contribution in [3.8, 4) is 5.75 Å². The quantitative estimate of drug-likeness (QED) is 0.698. The molecule has 0 radical (unpaired) electrons. The van der Waals surface area contributed by atoms with Crippen LogP contribution in [0.5, 0.6) is 5.75 Å². The molecule has 0 fully saturated rings. The fourth-order valence-corrected chi connectivity index (χ4v) is 2.95. The van der Waals surface area contributed by atoms with Gasteiger partial charge in [0.1, 0.15) is 5.75 Å². The van der Waals surface area contributed by atoms with Gasteiger partial charge in [0.05, 0.1) is 7.11 Å². The molecule has 0 aliphatic carbocycles. The summed E-state index contributed by atoms with van der Waals surface area (Å²) in [5.41, 5.74) is 2.35. The molecule has 0 saturated carbocycles. The molecular weight excluding hydrogens is 342 g/mol. The van der Waals surface area contributed by atoms with Crippen LogP contribution >= 0.6 is 0 Å². The van der Waals surface area contributed by atoms with Crippen LogP contribution in [0, 0.1) is 0 Å². The number of carbonyl (C=O) groups is 1. The Balaban J connectivity index is 1.62. The minimum absolute atomic E-state index is 0.0224. The zero-order valence-electron chi connectivity index (χ0n) is 15.6. The summed E-state index contributed by atoms with van der Waals surface area (Å²) >= 11 is 0. The normalized spacial score (nSPS) is 10.7. The third-order valence-electron chi connectivity index (χ3n) is 4.65. The molecule has 6 nitrogen and oxygen atoms in total. The first-order valence-corrected chi connectivity index (χ1v) is 8.89. The van der Waals surface area contributed by atoms with Crippen LogP contribution < -0.4 is 10.3 Å². The molecule has 3 rings (SSSR count). The van der Waals surface area contributed by atoms with E-state index in [1.165, 1.54) is 0 Å². The maximum absolute atomic E-state index is 12.4. The van der Waals surface area contributed by atoms with Gasteiger partial charge in [-0.2, -0.15) is 0 Å². The van der Waals surface area contributed by atoms with Crippen molar-refractivity contribution in [2.75, 3.05) is 20.7 Å². The summed E-state index contributed by atoms with van der Waals surface area (Å²) in [5, 5.41) is 0.891. The second-order valence-electron chi connectivity index (χ2n) is 6.50. The lowest BCUT2D eigenvalue weighted by Gasteiger charge is -2.17. The maximum atomic E-state index is 12.4. The lowest BCUT2D eigenvalue weighted by Crippen LogP contribution is -2.29. The number of pyridine rings is 2. The number of benzene rings is 1. The Kier molecular flexibility index (Phi) is 5.86. The van der Waals surface area contributed by atoms with Crippen molar-refractivity contribution in [2.24, 2.45) is 0 Å². The van der Waals surface area contributed by atoms with Crippen molar-refractivity contribution in [2.45, 2.75) is 19.3 Å². The van der Waals surface area contributed by atoms with Gasteiger partial charge in [-0.1, -0.05) is 0 Å². The summed E-state index contributed by atoms with van der Waals surface area (Å²) in [4.78, 5) is 33.2. The predicted octanol–water partition coefficient (Wildman–Crippen LogP) is 2.57. The first-order valence-electron chi connectivity index (χ1n) is 8.89. The zero-order valence-corrected chi connectivity index (χ0v) is 15.6. The van der Waals surface area contributed by atoms with Crippen LogP contribution in [0.25, 0.3) is 10.9 Å². The van der Waals surface area contributed by atoms with Crippen LogP contribution in [-0.4, -0.2) is 41.5 Å². The monoisotopic (exact) mass is 365 g/mol. The first kappa shape index (κ1) is 18.6. The number of nitrogens with zero attached hydrogens (tertiary/aromatic N) is 2. The number of amides is 1. The van der Waals surface area contributed by atoms with E-state index in [2.05, 4.69) is 9.97 Å². The van der Waals surface area contributed by atoms with E-state index < -0.39 is 0 Å². The van der Waals surface area contributed by atoms with Crippen molar-refractivity contribution in [1.29, 1.82) is 0 Å². The summed E-state index contributed by atoms with van der Waals surface area (Å²) in [6.07, 6.45) is 4.98. The maximum Gasteiger partial charge on any atom is 0.251 e. The van der Waals surface area contributed by atoms with E-state index in [4.69, 9.17) is 4.74 Å². The Morgan fingerprint density at radius 1 is 1.15 bits per heavy atom. The standard InChI is InChI=1S/C21H23N3O3/c1-24(12-9-15-7-10-22-11-8-15)20(25)6-3-16-13-17-14-18(27-2)4-5-19(17)23-21(16)26/h4-5,7-8,10-11,13-14H,3,6,9,12H2,1-2H3,(H,23,26). The molecule has 2 heterocycles. The molecule has 0 spiro atoms. The molecule has 1 amide bonds. The SMILES string of the molecule is COc1ccc2[nH]c(=O)c(CCC(=O)N(C)CCc3ccncc3)cc2c1.